The van der Waals surface area contributed by atoms with E-state index in [1.807, 2.05) is 60.5 Å². The van der Waals surface area contributed by atoms with Crippen LogP contribution in [-0.4, -0.2) is 20.0 Å². The molecule has 5 nitrogen and oxygen atoms in total. The highest BCUT2D eigenvalue weighted by molar-refractivity contribution is 7.80. The standard InChI is InChI=1S/C26H26N4OS/c1-17-7-9-23(19(3)11-17)29-26(32)30(15-20-5-4-10-27-14-20)16-22-13-21-8-6-18(2)12-24(21)28-25(22)31/h4-14H,15-16H2,1-3H3,(H,28,31)(H,29,32). The van der Waals surface area contributed by atoms with E-state index in [0.717, 1.165) is 33.3 Å². The van der Waals surface area contributed by atoms with E-state index in [-0.39, 0.29) is 5.56 Å². The van der Waals surface area contributed by atoms with E-state index in [9.17, 15) is 4.79 Å². The van der Waals surface area contributed by atoms with Crippen molar-refractivity contribution in [1.82, 2.24) is 14.9 Å². The Morgan fingerprint density at radius 2 is 1.81 bits per heavy atom. The Balaban J connectivity index is 1.65. The van der Waals surface area contributed by atoms with Crippen molar-refractivity contribution in [2.24, 2.45) is 0 Å². The first-order valence-electron chi connectivity index (χ1n) is 10.5. The van der Waals surface area contributed by atoms with Gasteiger partial charge in [-0.1, -0.05) is 35.9 Å². The lowest BCUT2D eigenvalue weighted by Crippen LogP contribution is -2.35. The maximum absolute atomic E-state index is 12.8. The first-order chi connectivity index (χ1) is 15.4. The largest absolute Gasteiger partial charge is 0.340 e. The molecule has 0 amide bonds. The van der Waals surface area contributed by atoms with Crippen LogP contribution in [-0.2, 0) is 13.1 Å². The maximum Gasteiger partial charge on any atom is 0.253 e. The smallest absolute Gasteiger partial charge is 0.253 e. The molecule has 2 aromatic carbocycles. The molecule has 0 aliphatic heterocycles. The molecule has 0 radical (unpaired) electrons. The third kappa shape index (κ3) is 5.03. The molecule has 0 bridgehead atoms. The van der Waals surface area contributed by atoms with Crippen LogP contribution in [0.15, 0.2) is 71.8 Å². The number of nitrogens with one attached hydrogen (secondary N) is 2. The van der Waals surface area contributed by atoms with Gasteiger partial charge in [-0.3, -0.25) is 9.78 Å². The van der Waals surface area contributed by atoms with Gasteiger partial charge in [0.25, 0.3) is 5.56 Å². The Morgan fingerprint density at radius 3 is 2.56 bits per heavy atom. The number of thiocarbonyl (C=S) groups is 1. The van der Waals surface area contributed by atoms with E-state index >= 15 is 0 Å². The summed E-state index contributed by atoms with van der Waals surface area (Å²) in [7, 11) is 0. The molecule has 0 fully saturated rings. The summed E-state index contributed by atoms with van der Waals surface area (Å²) >= 11 is 5.79. The highest BCUT2D eigenvalue weighted by Gasteiger charge is 2.15. The molecule has 0 spiro atoms. The second kappa shape index (κ2) is 9.32. The molecule has 0 aliphatic carbocycles. The highest BCUT2D eigenvalue weighted by atomic mass is 32.1. The van der Waals surface area contributed by atoms with E-state index in [1.165, 1.54) is 5.56 Å². The number of hydrogen-bond acceptors (Lipinski definition) is 3. The van der Waals surface area contributed by atoms with E-state index in [2.05, 4.69) is 41.3 Å². The predicted octanol–water partition coefficient (Wildman–Crippen LogP) is 5.25. The fraction of sp³-hybridized carbons (Fsp3) is 0.192. The van der Waals surface area contributed by atoms with Crippen molar-refractivity contribution in [2.45, 2.75) is 33.9 Å². The van der Waals surface area contributed by atoms with Crippen LogP contribution in [0.4, 0.5) is 5.69 Å². The molecule has 0 saturated heterocycles. The van der Waals surface area contributed by atoms with Crippen LogP contribution in [0.25, 0.3) is 10.9 Å². The normalized spacial score (nSPS) is 10.8. The number of nitrogens with zero attached hydrogens (tertiary/aromatic N) is 2. The van der Waals surface area contributed by atoms with Gasteiger partial charge in [-0.25, -0.2) is 0 Å². The minimum absolute atomic E-state index is 0.103. The zero-order valence-corrected chi connectivity index (χ0v) is 19.3. The predicted molar refractivity (Wildman–Crippen MR) is 135 cm³/mol. The molecule has 2 N–H and O–H groups in total. The molecule has 2 heterocycles. The van der Waals surface area contributed by atoms with E-state index in [1.54, 1.807) is 6.20 Å². The van der Waals surface area contributed by atoms with Crippen molar-refractivity contribution < 1.29 is 0 Å². The van der Waals surface area contributed by atoms with Crippen LogP contribution < -0.4 is 10.9 Å². The molecule has 0 aliphatic rings. The Bertz CT molecular complexity index is 1330. The maximum atomic E-state index is 12.8. The summed E-state index contributed by atoms with van der Waals surface area (Å²) in [4.78, 5) is 22.1. The Kier molecular flexibility index (Phi) is 6.32. The van der Waals surface area contributed by atoms with Crippen molar-refractivity contribution in [2.75, 3.05) is 5.32 Å². The van der Waals surface area contributed by atoms with Gasteiger partial charge in [0.15, 0.2) is 5.11 Å². The van der Waals surface area contributed by atoms with Crippen molar-refractivity contribution in [3.05, 3.63) is 105 Å². The monoisotopic (exact) mass is 442 g/mol. The molecule has 2 aromatic heterocycles. The van der Waals surface area contributed by atoms with Crippen LogP contribution >= 0.6 is 12.2 Å². The fourth-order valence-corrected chi connectivity index (χ4v) is 3.98. The Hall–Kier alpha value is -3.51. The van der Waals surface area contributed by atoms with Gasteiger partial charge in [-0.2, -0.15) is 0 Å². The summed E-state index contributed by atoms with van der Waals surface area (Å²) in [5.41, 5.74) is 6.80. The van der Waals surface area contributed by atoms with Crippen LogP contribution in [0.3, 0.4) is 0 Å². The number of aromatic nitrogens is 2. The Labute approximate surface area is 193 Å². The molecule has 162 valence electrons. The van der Waals surface area contributed by atoms with Crippen molar-refractivity contribution in [3.63, 3.8) is 0 Å². The van der Waals surface area contributed by atoms with E-state index in [4.69, 9.17) is 12.2 Å². The summed E-state index contributed by atoms with van der Waals surface area (Å²) in [6, 6.07) is 18.1. The van der Waals surface area contributed by atoms with E-state index in [0.29, 0.717) is 23.8 Å². The van der Waals surface area contributed by atoms with Gasteiger partial charge < -0.3 is 15.2 Å². The summed E-state index contributed by atoms with van der Waals surface area (Å²) in [5, 5.41) is 4.93. The number of aryl methyl sites for hydroxylation is 3. The zero-order valence-electron chi connectivity index (χ0n) is 18.5. The van der Waals surface area contributed by atoms with Crippen LogP contribution in [0.1, 0.15) is 27.8 Å². The van der Waals surface area contributed by atoms with Crippen LogP contribution in [0, 0.1) is 20.8 Å². The molecular weight excluding hydrogens is 416 g/mol. The Morgan fingerprint density at radius 1 is 1.03 bits per heavy atom. The summed E-state index contributed by atoms with van der Waals surface area (Å²) < 4.78 is 0. The van der Waals surface area contributed by atoms with Gasteiger partial charge in [-0.15, -0.1) is 0 Å². The summed E-state index contributed by atoms with van der Waals surface area (Å²) in [6.07, 6.45) is 3.57. The number of anilines is 1. The van der Waals surface area contributed by atoms with Crippen molar-refractivity contribution in [3.8, 4) is 0 Å². The number of rotatable bonds is 5. The molecule has 4 aromatic rings. The molecule has 0 atom stereocenters. The minimum atomic E-state index is -0.103. The van der Waals surface area contributed by atoms with E-state index < -0.39 is 0 Å². The number of aromatic amines is 1. The molecule has 0 saturated carbocycles. The van der Waals surface area contributed by atoms with Crippen molar-refractivity contribution in [1.29, 1.82) is 0 Å². The average Bonchev–Trinajstić information content (AvgIpc) is 2.76. The molecule has 6 heteroatoms. The molecule has 4 rings (SSSR count). The third-order valence-electron chi connectivity index (χ3n) is 5.45. The number of H-pyrrole nitrogens is 1. The summed E-state index contributed by atoms with van der Waals surface area (Å²) in [5.74, 6) is 0. The van der Waals surface area contributed by atoms with Gasteiger partial charge in [0.2, 0.25) is 0 Å². The third-order valence-corrected chi connectivity index (χ3v) is 5.81. The van der Waals surface area contributed by atoms with Crippen molar-refractivity contribution >= 4 is 33.9 Å². The van der Waals surface area contributed by atoms with Gasteiger partial charge in [0.05, 0.1) is 6.54 Å². The number of benzene rings is 2. The van der Waals surface area contributed by atoms with Crippen LogP contribution in [0.2, 0.25) is 0 Å². The zero-order chi connectivity index (χ0) is 22.7. The number of pyridine rings is 2. The lowest BCUT2D eigenvalue weighted by atomic mass is 10.1. The van der Waals surface area contributed by atoms with Gasteiger partial charge >= 0.3 is 0 Å². The molecular formula is C26H26N4OS. The first kappa shape index (κ1) is 21.7. The SMILES string of the molecule is Cc1ccc(NC(=S)N(Cc2cccnc2)Cc2cc3ccc(C)cc3[nH]c2=O)c(C)c1. The fourth-order valence-electron chi connectivity index (χ4n) is 3.74. The van der Waals surface area contributed by atoms with Gasteiger partial charge in [-0.05, 0) is 79.3 Å². The summed E-state index contributed by atoms with van der Waals surface area (Å²) in [6.45, 7) is 7.05. The lowest BCUT2D eigenvalue weighted by Gasteiger charge is -2.26. The highest BCUT2D eigenvalue weighted by Crippen LogP contribution is 2.19. The number of fused-ring (bicyclic) bond motifs is 1. The first-order valence-corrected chi connectivity index (χ1v) is 10.9. The minimum Gasteiger partial charge on any atom is -0.340 e. The van der Waals surface area contributed by atoms with Gasteiger partial charge in [0.1, 0.15) is 0 Å². The molecule has 0 unspecified atom stereocenters. The van der Waals surface area contributed by atoms with Crippen LogP contribution in [0.5, 0.6) is 0 Å². The van der Waals surface area contributed by atoms with Gasteiger partial charge in [0, 0.05) is 35.7 Å². The average molecular weight is 443 g/mol. The second-order valence-electron chi connectivity index (χ2n) is 8.18. The molecule has 32 heavy (non-hydrogen) atoms. The topological polar surface area (TPSA) is 61.0 Å². The second-order valence-corrected chi connectivity index (χ2v) is 8.57. The quantitative estimate of drug-likeness (QED) is 0.414. The lowest BCUT2D eigenvalue weighted by molar-refractivity contribution is 0.410. The number of hydrogen-bond donors (Lipinski definition) is 2.